The summed E-state index contributed by atoms with van der Waals surface area (Å²) in [5.74, 6) is 0.510. The maximum absolute atomic E-state index is 10.1. The van der Waals surface area contributed by atoms with Crippen molar-refractivity contribution in [3.05, 3.63) is 35.4 Å². The first-order chi connectivity index (χ1) is 10.0. The summed E-state index contributed by atoms with van der Waals surface area (Å²) in [4.78, 5) is 2.30. The summed E-state index contributed by atoms with van der Waals surface area (Å²) in [6.45, 7) is 12.2. The Labute approximate surface area is 129 Å². The van der Waals surface area contributed by atoms with E-state index in [2.05, 4.69) is 56.9 Å². The van der Waals surface area contributed by atoms with Crippen molar-refractivity contribution in [3.63, 3.8) is 0 Å². The molecule has 0 spiro atoms. The van der Waals surface area contributed by atoms with Crippen LogP contribution in [-0.2, 0) is 11.3 Å². The Morgan fingerprint density at radius 2 is 2.00 bits per heavy atom. The van der Waals surface area contributed by atoms with Crippen LogP contribution in [0.5, 0.6) is 0 Å². The number of aliphatic hydroxyl groups is 1. The van der Waals surface area contributed by atoms with Crippen molar-refractivity contribution in [1.29, 1.82) is 0 Å². The van der Waals surface area contributed by atoms with E-state index >= 15 is 0 Å². The van der Waals surface area contributed by atoms with Crippen molar-refractivity contribution >= 4 is 0 Å². The third-order valence-electron chi connectivity index (χ3n) is 3.26. The van der Waals surface area contributed by atoms with Gasteiger partial charge in [-0.25, -0.2) is 0 Å². The van der Waals surface area contributed by atoms with E-state index in [0.29, 0.717) is 25.7 Å². The monoisotopic (exact) mass is 293 g/mol. The highest BCUT2D eigenvalue weighted by atomic mass is 16.5. The molecule has 0 bridgehead atoms. The minimum absolute atomic E-state index is 0.417. The fourth-order valence-corrected chi connectivity index (χ4v) is 2.41. The molecule has 0 fully saturated rings. The van der Waals surface area contributed by atoms with Gasteiger partial charge in [0.15, 0.2) is 0 Å². The molecular formula is C18H31NO2. The summed E-state index contributed by atoms with van der Waals surface area (Å²) in [5, 5.41) is 10.1. The molecule has 0 aromatic heterocycles. The molecule has 0 aliphatic rings. The van der Waals surface area contributed by atoms with Crippen molar-refractivity contribution < 1.29 is 9.84 Å². The highest BCUT2D eigenvalue weighted by Crippen LogP contribution is 2.09. The molecule has 0 aliphatic carbocycles. The molecule has 3 nitrogen and oxygen atoms in total. The molecule has 0 radical (unpaired) electrons. The van der Waals surface area contributed by atoms with Crippen molar-refractivity contribution in [2.24, 2.45) is 5.92 Å². The molecule has 0 heterocycles. The third-order valence-corrected chi connectivity index (χ3v) is 3.26. The first kappa shape index (κ1) is 18.1. The molecule has 1 unspecified atom stereocenters. The predicted molar refractivity (Wildman–Crippen MR) is 88.4 cm³/mol. The maximum atomic E-state index is 10.1. The van der Waals surface area contributed by atoms with Crippen LogP contribution < -0.4 is 0 Å². The number of benzene rings is 1. The standard InChI is InChI=1S/C18H31NO2/c1-5-9-19(11-17-8-6-7-16(4)10-17)12-18(20)14-21-13-15(2)3/h6-8,10,15,18,20H,5,9,11-14H2,1-4H3. The SMILES string of the molecule is CCCN(Cc1cccc(C)c1)CC(O)COCC(C)C. The summed E-state index contributed by atoms with van der Waals surface area (Å²) in [5.41, 5.74) is 2.59. The first-order valence-corrected chi connectivity index (χ1v) is 8.05. The Balaban J connectivity index is 2.45. The van der Waals surface area contributed by atoms with Gasteiger partial charge in [-0.1, -0.05) is 50.6 Å². The zero-order chi connectivity index (χ0) is 15.7. The Morgan fingerprint density at radius 1 is 1.24 bits per heavy atom. The van der Waals surface area contributed by atoms with Crippen molar-refractivity contribution in [3.8, 4) is 0 Å². The summed E-state index contributed by atoms with van der Waals surface area (Å²) in [7, 11) is 0. The van der Waals surface area contributed by atoms with E-state index < -0.39 is 6.10 Å². The second-order valence-electron chi connectivity index (χ2n) is 6.31. The minimum atomic E-state index is -0.417. The fraction of sp³-hybridized carbons (Fsp3) is 0.667. The minimum Gasteiger partial charge on any atom is -0.389 e. The number of ether oxygens (including phenoxy) is 1. The lowest BCUT2D eigenvalue weighted by molar-refractivity contribution is 0.00692. The average molecular weight is 293 g/mol. The number of rotatable bonds is 10. The van der Waals surface area contributed by atoms with Gasteiger partial charge in [0.1, 0.15) is 0 Å². The van der Waals surface area contributed by atoms with E-state index in [-0.39, 0.29) is 0 Å². The molecule has 1 aromatic carbocycles. The summed E-state index contributed by atoms with van der Waals surface area (Å²) in [6.07, 6.45) is 0.672. The molecule has 0 aliphatic heterocycles. The van der Waals surface area contributed by atoms with Crippen molar-refractivity contribution in [2.75, 3.05) is 26.3 Å². The Kier molecular flexibility index (Phi) is 8.58. The van der Waals surface area contributed by atoms with Crippen molar-refractivity contribution in [2.45, 2.75) is 46.8 Å². The second kappa shape index (κ2) is 9.93. The van der Waals surface area contributed by atoms with Gasteiger partial charge in [-0.05, 0) is 31.4 Å². The van der Waals surface area contributed by atoms with Gasteiger partial charge < -0.3 is 9.84 Å². The van der Waals surface area contributed by atoms with Crippen LogP contribution in [0.4, 0.5) is 0 Å². The molecule has 21 heavy (non-hydrogen) atoms. The highest BCUT2D eigenvalue weighted by molar-refractivity contribution is 5.22. The van der Waals surface area contributed by atoms with Crippen LogP contribution in [0.3, 0.4) is 0 Å². The van der Waals surface area contributed by atoms with E-state index in [9.17, 15) is 5.11 Å². The molecule has 0 amide bonds. The summed E-state index contributed by atoms with van der Waals surface area (Å²) in [6, 6.07) is 8.57. The lowest BCUT2D eigenvalue weighted by Gasteiger charge is -2.25. The number of hydrogen-bond donors (Lipinski definition) is 1. The average Bonchev–Trinajstić information content (AvgIpc) is 2.38. The Bertz CT molecular complexity index is 393. The van der Waals surface area contributed by atoms with E-state index in [4.69, 9.17) is 4.74 Å². The van der Waals surface area contributed by atoms with Crippen LogP contribution in [-0.4, -0.2) is 42.4 Å². The number of hydrogen-bond acceptors (Lipinski definition) is 3. The van der Waals surface area contributed by atoms with Gasteiger partial charge >= 0.3 is 0 Å². The van der Waals surface area contributed by atoms with Crippen LogP contribution in [0.2, 0.25) is 0 Å². The Hall–Kier alpha value is -0.900. The molecular weight excluding hydrogens is 262 g/mol. The number of aliphatic hydroxyl groups excluding tert-OH is 1. The van der Waals surface area contributed by atoms with Gasteiger partial charge in [-0.2, -0.15) is 0 Å². The zero-order valence-electron chi connectivity index (χ0n) is 14.0. The van der Waals surface area contributed by atoms with Gasteiger partial charge in [-0.15, -0.1) is 0 Å². The van der Waals surface area contributed by atoms with Crippen LogP contribution in [0.1, 0.15) is 38.3 Å². The fourth-order valence-electron chi connectivity index (χ4n) is 2.41. The largest absolute Gasteiger partial charge is 0.389 e. The predicted octanol–water partition coefficient (Wildman–Crippen LogP) is 3.24. The van der Waals surface area contributed by atoms with Gasteiger partial charge in [0.2, 0.25) is 0 Å². The molecule has 0 saturated heterocycles. The van der Waals surface area contributed by atoms with Crippen LogP contribution in [0.25, 0.3) is 0 Å². The molecule has 1 rings (SSSR count). The molecule has 3 heteroatoms. The zero-order valence-corrected chi connectivity index (χ0v) is 14.0. The van der Waals surface area contributed by atoms with Crippen molar-refractivity contribution in [1.82, 2.24) is 4.90 Å². The third kappa shape index (κ3) is 8.20. The van der Waals surface area contributed by atoms with Gasteiger partial charge in [0, 0.05) is 19.7 Å². The highest BCUT2D eigenvalue weighted by Gasteiger charge is 2.12. The lowest BCUT2D eigenvalue weighted by atomic mass is 10.1. The van der Waals surface area contributed by atoms with Crippen LogP contribution >= 0.6 is 0 Å². The normalized spacial score (nSPS) is 13.1. The maximum Gasteiger partial charge on any atom is 0.0900 e. The second-order valence-corrected chi connectivity index (χ2v) is 6.31. The summed E-state index contributed by atoms with van der Waals surface area (Å²) >= 11 is 0. The first-order valence-electron chi connectivity index (χ1n) is 8.05. The van der Waals surface area contributed by atoms with E-state index in [0.717, 1.165) is 19.5 Å². The van der Waals surface area contributed by atoms with Crippen LogP contribution in [0.15, 0.2) is 24.3 Å². The molecule has 1 N–H and O–H groups in total. The molecule has 1 atom stereocenters. The molecule has 1 aromatic rings. The molecule has 0 saturated carbocycles. The lowest BCUT2D eigenvalue weighted by Crippen LogP contribution is -2.35. The van der Waals surface area contributed by atoms with E-state index in [1.54, 1.807) is 0 Å². The van der Waals surface area contributed by atoms with E-state index in [1.165, 1.54) is 11.1 Å². The molecule has 120 valence electrons. The quantitative estimate of drug-likeness (QED) is 0.719. The summed E-state index contributed by atoms with van der Waals surface area (Å²) < 4.78 is 5.53. The smallest absolute Gasteiger partial charge is 0.0900 e. The number of aryl methyl sites for hydroxylation is 1. The van der Waals surface area contributed by atoms with Gasteiger partial charge in [-0.3, -0.25) is 4.90 Å². The topological polar surface area (TPSA) is 32.7 Å². The van der Waals surface area contributed by atoms with E-state index in [1.807, 2.05) is 0 Å². The van der Waals surface area contributed by atoms with Gasteiger partial charge in [0.05, 0.1) is 12.7 Å². The van der Waals surface area contributed by atoms with Gasteiger partial charge in [0.25, 0.3) is 0 Å². The Morgan fingerprint density at radius 3 is 2.62 bits per heavy atom. The number of nitrogens with zero attached hydrogens (tertiary/aromatic N) is 1. The van der Waals surface area contributed by atoms with Crippen LogP contribution in [0, 0.1) is 12.8 Å².